The first kappa shape index (κ1) is 15.5. The quantitative estimate of drug-likeness (QED) is 0.721. The molecule has 0 amide bonds. The molecule has 0 saturated carbocycles. The van der Waals surface area contributed by atoms with Crippen molar-refractivity contribution in [1.29, 1.82) is 0 Å². The fourth-order valence-electron chi connectivity index (χ4n) is 2.05. The smallest absolute Gasteiger partial charge is 0.306 e. The fourth-order valence-corrected chi connectivity index (χ4v) is 2.05. The first-order chi connectivity index (χ1) is 10.2. The Balaban J connectivity index is 1.56. The summed E-state index contributed by atoms with van der Waals surface area (Å²) in [6.45, 7) is 1.23. The van der Waals surface area contributed by atoms with Gasteiger partial charge in [-0.15, -0.1) is 0 Å². The summed E-state index contributed by atoms with van der Waals surface area (Å²) in [5, 5.41) is 0. The van der Waals surface area contributed by atoms with Crippen molar-refractivity contribution in [2.75, 3.05) is 13.2 Å². The highest BCUT2D eigenvalue weighted by Gasteiger charge is 2.18. The number of rotatable bonds is 7. The van der Waals surface area contributed by atoms with E-state index < -0.39 is 5.97 Å². The molecule has 1 aliphatic heterocycles. The Hall–Kier alpha value is -1.88. The van der Waals surface area contributed by atoms with Crippen LogP contribution in [0.15, 0.2) is 30.3 Å². The maximum Gasteiger partial charge on any atom is 0.306 e. The molecular formula is C16H20O5. The molecule has 2 rings (SSSR count). The van der Waals surface area contributed by atoms with Crippen LogP contribution in [0.4, 0.5) is 0 Å². The van der Waals surface area contributed by atoms with Gasteiger partial charge in [-0.1, -0.05) is 30.3 Å². The minimum Gasteiger partial charge on any atom is -0.463 e. The SMILES string of the molecule is O=C(CCC(=O)OCC1CCCO1)OCc1ccccc1. The lowest BCUT2D eigenvalue weighted by Crippen LogP contribution is -2.18. The summed E-state index contributed by atoms with van der Waals surface area (Å²) in [4.78, 5) is 23.0. The van der Waals surface area contributed by atoms with Crippen molar-refractivity contribution in [3.63, 3.8) is 0 Å². The lowest BCUT2D eigenvalue weighted by atomic mass is 10.2. The Morgan fingerprint density at radius 1 is 1.10 bits per heavy atom. The molecule has 0 N–H and O–H groups in total. The maximum absolute atomic E-state index is 11.5. The van der Waals surface area contributed by atoms with E-state index in [1.807, 2.05) is 30.3 Å². The third kappa shape index (κ3) is 5.95. The molecule has 0 bridgehead atoms. The number of hydrogen-bond donors (Lipinski definition) is 0. The topological polar surface area (TPSA) is 61.8 Å². The molecule has 1 fully saturated rings. The second-order valence-electron chi connectivity index (χ2n) is 4.96. The van der Waals surface area contributed by atoms with Crippen molar-refractivity contribution < 1.29 is 23.8 Å². The summed E-state index contributed by atoms with van der Waals surface area (Å²) in [5.74, 6) is -0.782. The van der Waals surface area contributed by atoms with E-state index in [0.29, 0.717) is 0 Å². The van der Waals surface area contributed by atoms with Crippen molar-refractivity contribution in [2.24, 2.45) is 0 Å². The van der Waals surface area contributed by atoms with Gasteiger partial charge < -0.3 is 14.2 Å². The van der Waals surface area contributed by atoms with Crippen molar-refractivity contribution >= 4 is 11.9 Å². The first-order valence-corrected chi connectivity index (χ1v) is 7.21. The summed E-state index contributed by atoms with van der Waals surface area (Å²) in [7, 11) is 0. The molecule has 1 heterocycles. The van der Waals surface area contributed by atoms with Gasteiger partial charge in [0.25, 0.3) is 0 Å². The van der Waals surface area contributed by atoms with Gasteiger partial charge in [-0.05, 0) is 18.4 Å². The lowest BCUT2D eigenvalue weighted by Gasteiger charge is -2.10. The zero-order chi connectivity index (χ0) is 14.9. The Kier molecular flexibility index (Phi) is 6.22. The summed E-state index contributed by atoms with van der Waals surface area (Å²) in [6, 6.07) is 9.42. The number of esters is 2. The number of benzene rings is 1. The van der Waals surface area contributed by atoms with E-state index in [-0.39, 0.29) is 38.1 Å². The first-order valence-electron chi connectivity index (χ1n) is 7.21. The maximum atomic E-state index is 11.5. The van der Waals surface area contributed by atoms with E-state index in [4.69, 9.17) is 14.2 Å². The van der Waals surface area contributed by atoms with Crippen molar-refractivity contribution in [2.45, 2.75) is 38.4 Å². The van der Waals surface area contributed by atoms with Gasteiger partial charge in [0.1, 0.15) is 13.2 Å². The molecule has 5 nitrogen and oxygen atoms in total. The standard InChI is InChI=1S/C16H20O5/c17-15(20-11-13-5-2-1-3-6-13)8-9-16(18)21-12-14-7-4-10-19-14/h1-3,5-6,14H,4,7-12H2. The normalized spacial score (nSPS) is 17.4. The zero-order valence-electron chi connectivity index (χ0n) is 12.0. The molecule has 21 heavy (non-hydrogen) atoms. The summed E-state index contributed by atoms with van der Waals surface area (Å²) in [5.41, 5.74) is 0.923. The highest BCUT2D eigenvalue weighted by Crippen LogP contribution is 2.12. The van der Waals surface area contributed by atoms with Gasteiger partial charge in [-0.3, -0.25) is 9.59 Å². The Labute approximate surface area is 124 Å². The number of ether oxygens (including phenoxy) is 3. The Morgan fingerprint density at radius 2 is 1.81 bits per heavy atom. The third-order valence-electron chi connectivity index (χ3n) is 3.23. The summed E-state index contributed by atoms with van der Waals surface area (Å²) >= 11 is 0. The number of carbonyl (C=O) groups is 2. The molecule has 1 aliphatic rings. The third-order valence-corrected chi connectivity index (χ3v) is 3.23. The molecule has 1 aromatic carbocycles. The van der Waals surface area contributed by atoms with Crippen molar-refractivity contribution in [3.8, 4) is 0 Å². The monoisotopic (exact) mass is 292 g/mol. The lowest BCUT2D eigenvalue weighted by molar-refractivity contribution is -0.152. The predicted octanol–water partition coefficient (Wildman–Crippen LogP) is 2.23. The fraction of sp³-hybridized carbons (Fsp3) is 0.500. The van der Waals surface area contributed by atoms with Crippen LogP contribution in [0.25, 0.3) is 0 Å². The van der Waals surface area contributed by atoms with Crippen LogP contribution in [0.5, 0.6) is 0 Å². The molecule has 1 aromatic rings. The summed E-state index contributed by atoms with van der Waals surface area (Å²) < 4.78 is 15.5. The van der Waals surface area contributed by atoms with Gasteiger partial charge in [0.15, 0.2) is 0 Å². The Morgan fingerprint density at radius 3 is 2.48 bits per heavy atom. The van der Waals surface area contributed by atoms with E-state index in [9.17, 15) is 9.59 Å². The van der Waals surface area contributed by atoms with Gasteiger partial charge in [-0.2, -0.15) is 0 Å². The second kappa shape index (κ2) is 8.42. The van der Waals surface area contributed by atoms with E-state index in [1.54, 1.807) is 0 Å². The average Bonchev–Trinajstić information content (AvgIpc) is 3.03. The molecule has 1 atom stereocenters. The van der Waals surface area contributed by atoms with E-state index in [1.165, 1.54) is 0 Å². The second-order valence-corrected chi connectivity index (χ2v) is 4.96. The number of carbonyl (C=O) groups excluding carboxylic acids is 2. The molecule has 5 heteroatoms. The Bertz CT molecular complexity index is 451. The highest BCUT2D eigenvalue weighted by atomic mass is 16.6. The van der Waals surface area contributed by atoms with Crippen molar-refractivity contribution in [3.05, 3.63) is 35.9 Å². The van der Waals surface area contributed by atoms with E-state index in [2.05, 4.69) is 0 Å². The molecule has 0 radical (unpaired) electrons. The average molecular weight is 292 g/mol. The van der Waals surface area contributed by atoms with Crippen LogP contribution in [0.1, 0.15) is 31.2 Å². The molecule has 0 aromatic heterocycles. The van der Waals surface area contributed by atoms with Crippen LogP contribution >= 0.6 is 0 Å². The molecule has 114 valence electrons. The van der Waals surface area contributed by atoms with Crippen LogP contribution in [-0.2, 0) is 30.4 Å². The van der Waals surface area contributed by atoms with Gasteiger partial charge in [0, 0.05) is 6.61 Å². The van der Waals surface area contributed by atoms with Crippen LogP contribution < -0.4 is 0 Å². The summed E-state index contributed by atoms with van der Waals surface area (Å²) in [6.07, 6.45) is 2.02. The molecule has 1 unspecified atom stereocenters. The minimum absolute atomic E-state index is 0.0129. The number of hydrogen-bond acceptors (Lipinski definition) is 5. The van der Waals surface area contributed by atoms with E-state index in [0.717, 1.165) is 25.0 Å². The van der Waals surface area contributed by atoms with Crippen LogP contribution in [0, 0.1) is 0 Å². The van der Waals surface area contributed by atoms with Gasteiger partial charge >= 0.3 is 11.9 Å². The molecule has 0 spiro atoms. The van der Waals surface area contributed by atoms with Gasteiger partial charge in [0.05, 0.1) is 18.9 Å². The molecular weight excluding hydrogens is 272 g/mol. The van der Waals surface area contributed by atoms with Crippen LogP contribution in [0.3, 0.4) is 0 Å². The van der Waals surface area contributed by atoms with Crippen LogP contribution in [0.2, 0.25) is 0 Å². The zero-order valence-corrected chi connectivity index (χ0v) is 12.0. The van der Waals surface area contributed by atoms with Crippen molar-refractivity contribution in [1.82, 2.24) is 0 Å². The largest absolute Gasteiger partial charge is 0.463 e. The highest BCUT2D eigenvalue weighted by molar-refractivity contribution is 5.77. The van der Waals surface area contributed by atoms with E-state index >= 15 is 0 Å². The predicted molar refractivity (Wildman–Crippen MR) is 75.4 cm³/mol. The van der Waals surface area contributed by atoms with Gasteiger partial charge in [0.2, 0.25) is 0 Å². The van der Waals surface area contributed by atoms with Gasteiger partial charge in [-0.25, -0.2) is 0 Å². The minimum atomic E-state index is -0.395. The molecule has 1 saturated heterocycles. The molecule has 0 aliphatic carbocycles. The van der Waals surface area contributed by atoms with Crippen LogP contribution in [-0.4, -0.2) is 31.3 Å².